The van der Waals surface area contributed by atoms with Crippen LogP contribution >= 0.6 is 0 Å². The SMILES string of the molecule is [Cl-].[N-]=[N+]=NCCCCCCOCCCc1ccc[n+](CCCCCCCCOCCCc2cccnc2)c1. The molecule has 2 aromatic rings. The van der Waals surface area contributed by atoms with Gasteiger partial charge in [0.05, 0.1) is 0 Å². The number of azide groups is 1. The number of aromatic nitrogens is 2. The van der Waals surface area contributed by atoms with Crippen molar-refractivity contribution in [1.82, 2.24) is 4.98 Å². The van der Waals surface area contributed by atoms with Crippen LogP contribution in [0.15, 0.2) is 54.2 Å². The lowest BCUT2D eigenvalue weighted by molar-refractivity contribution is -0.697. The van der Waals surface area contributed by atoms with Crippen LogP contribution in [0.2, 0.25) is 0 Å². The summed E-state index contributed by atoms with van der Waals surface area (Å²) in [5.74, 6) is 0. The highest BCUT2D eigenvalue weighted by molar-refractivity contribution is 5.08. The average molecular weight is 546 g/mol. The predicted octanol–water partition coefficient (Wildman–Crippen LogP) is 4.18. The predicted molar refractivity (Wildman–Crippen MR) is 149 cm³/mol. The molecule has 0 saturated heterocycles. The van der Waals surface area contributed by atoms with E-state index in [4.69, 9.17) is 15.0 Å². The fraction of sp³-hybridized carbons (Fsp3) is 0.667. The second-order valence-corrected chi connectivity index (χ2v) is 9.73. The van der Waals surface area contributed by atoms with E-state index in [-0.39, 0.29) is 12.4 Å². The summed E-state index contributed by atoms with van der Waals surface area (Å²) in [5, 5.41) is 3.56. The van der Waals surface area contributed by atoms with Gasteiger partial charge < -0.3 is 21.9 Å². The number of nitrogens with zero attached hydrogens (tertiary/aromatic N) is 5. The summed E-state index contributed by atoms with van der Waals surface area (Å²) in [5.41, 5.74) is 10.9. The van der Waals surface area contributed by atoms with Gasteiger partial charge in [-0.15, -0.1) is 0 Å². The maximum Gasteiger partial charge on any atom is 0.171 e. The largest absolute Gasteiger partial charge is 1.00 e. The fourth-order valence-electron chi connectivity index (χ4n) is 4.36. The van der Waals surface area contributed by atoms with Crippen LogP contribution < -0.4 is 17.0 Å². The third-order valence-electron chi connectivity index (χ3n) is 6.47. The molecule has 0 aliphatic rings. The molecule has 2 heterocycles. The van der Waals surface area contributed by atoms with Crippen molar-refractivity contribution >= 4 is 0 Å². The molecule has 0 aliphatic heterocycles. The quantitative estimate of drug-likeness (QED) is 0.0652. The first-order valence-corrected chi connectivity index (χ1v) is 14.4. The first-order chi connectivity index (χ1) is 18.4. The van der Waals surface area contributed by atoms with Gasteiger partial charge in [0, 0.05) is 68.3 Å². The van der Waals surface area contributed by atoms with Gasteiger partial charge in [0.2, 0.25) is 0 Å². The van der Waals surface area contributed by atoms with Crippen LogP contribution in [0.5, 0.6) is 0 Å². The van der Waals surface area contributed by atoms with Crippen LogP contribution in [0.3, 0.4) is 0 Å². The summed E-state index contributed by atoms with van der Waals surface area (Å²) >= 11 is 0. The van der Waals surface area contributed by atoms with Gasteiger partial charge in [-0.05, 0) is 74.6 Å². The molecule has 0 atom stereocenters. The summed E-state index contributed by atoms with van der Waals surface area (Å²) in [6.45, 7) is 5.10. The Morgan fingerprint density at radius 2 is 1.34 bits per heavy atom. The van der Waals surface area contributed by atoms with Crippen molar-refractivity contribution < 1.29 is 26.4 Å². The van der Waals surface area contributed by atoms with E-state index in [1.54, 1.807) is 0 Å². The van der Waals surface area contributed by atoms with E-state index in [1.807, 2.05) is 18.5 Å². The molecule has 2 rings (SSSR count). The molecule has 0 radical (unpaired) electrons. The third kappa shape index (κ3) is 19.0. The lowest BCUT2D eigenvalue weighted by Crippen LogP contribution is -3.00. The van der Waals surface area contributed by atoms with Crippen molar-refractivity contribution in [2.24, 2.45) is 5.11 Å². The van der Waals surface area contributed by atoms with Crippen LogP contribution in [0, 0.1) is 0 Å². The zero-order valence-corrected chi connectivity index (χ0v) is 23.9. The van der Waals surface area contributed by atoms with E-state index >= 15 is 0 Å². The van der Waals surface area contributed by atoms with Crippen LogP contribution in [-0.2, 0) is 28.9 Å². The van der Waals surface area contributed by atoms with E-state index in [1.165, 1.54) is 49.7 Å². The molecule has 0 unspecified atom stereocenters. The molecule has 38 heavy (non-hydrogen) atoms. The van der Waals surface area contributed by atoms with Crippen molar-refractivity contribution in [1.29, 1.82) is 0 Å². The van der Waals surface area contributed by atoms with Crippen molar-refractivity contribution in [2.75, 3.05) is 33.0 Å². The normalized spacial score (nSPS) is 10.6. The zero-order chi connectivity index (χ0) is 26.1. The minimum absolute atomic E-state index is 0. The number of hydrogen-bond acceptors (Lipinski definition) is 4. The zero-order valence-electron chi connectivity index (χ0n) is 23.2. The maximum atomic E-state index is 8.25. The van der Waals surface area contributed by atoms with Crippen LogP contribution in [-0.4, -0.2) is 38.0 Å². The molecule has 0 aromatic carbocycles. The van der Waals surface area contributed by atoms with Crippen molar-refractivity contribution in [2.45, 2.75) is 96.4 Å². The molecule has 0 fully saturated rings. The summed E-state index contributed by atoms with van der Waals surface area (Å²) < 4.78 is 13.9. The molecular formula is C30H48ClN5O2. The van der Waals surface area contributed by atoms with Gasteiger partial charge in [-0.2, -0.15) is 0 Å². The van der Waals surface area contributed by atoms with Crippen LogP contribution in [0.4, 0.5) is 0 Å². The van der Waals surface area contributed by atoms with Gasteiger partial charge in [-0.3, -0.25) is 4.98 Å². The Balaban J connectivity index is 0.00000722. The third-order valence-corrected chi connectivity index (χ3v) is 6.47. The second kappa shape index (κ2) is 25.1. The fourth-order valence-corrected chi connectivity index (χ4v) is 4.36. The average Bonchev–Trinajstić information content (AvgIpc) is 2.93. The summed E-state index contributed by atoms with van der Waals surface area (Å²) in [4.78, 5) is 6.93. The molecule has 0 spiro atoms. The first kappa shape index (κ1) is 33.8. The highest BCUT2D eigenvalue weighted by Gasteiger charge is 2.03. The molecule has 212 valence electrons. The number of aryl methyl sites for hydroxylation is 3. The number of unbranched alkanes of at least 4 members (excludes halogenated alkanes) is 8. The monoisotopic (exact) mass is 545 g/mol. The van der Waals surface area contributed by atoms with Gasteiger partial charge in [0.15, 0.2) is 12.4 Å². The number of ether oxygens (including phenoxy) is 2. The summed E-state index contributed by atoms with van der Waals surface area (Å²) in [6, 6.07) is 8.52. The number of pyridine rings is 2. The Morgan fingerprint density at radius 1 is 0.737 bits per heavy atom. The maximum absolute atomic E-state index is 8.25. The number of halogens is 1. The molecule has 0 amide bonds. The molecule has 0 N–H and O–H groups in total. The topological polar surface area (TPSA) is 84.0 Å². The van der Waals surface area contributed by atoms with E-state index in [0.29, 0.717) is 6.54 Å². The Hall–Kier alpha value is -2.18. The van der Waals surface area contributed by atoms with Gasteiger partial charge in [0.1, 0.15) is 6.54 Å². The van der Waals surface area contributed by atoms with Gasteiger partial charge in [0.25, 0.3) is 0 Å². The molecule has 8 heteroatoms. The van der Waals surface area contributed by atoms with E-state index in [0.717, 1.165) is 84.3 Å². The van der Waals surface area contributed by atoms with E-state index < -0.39 is 0 Å². The number of rotatable bonds is 24. The minimum atomic E-state index is 0. The molecular weight excluding hydrogens is 498 g/mol. The first-order valence-electron chi connectivity index (χ1n) is 14.4. The smallest absolute Gasteiger partial charge is 0.171 e. The molecule has 2 aromatic heterocycles. The molecule has 0 bridgehead atoms. The molecule has 7 nitrogen and oxygen atoms in total. The highest BCUT2D eigenvalue weighted by Crippen LogP contribution is 2.07. The summed E-state index contributed by atoms with van der Waals surface area (Å²) in [7, 11) is 0. The lowest BCUT2D eigenvalue weighted by atomic mass is 10.1. The van der Waals surface area contributed by atoms with Gasteiger partial charge in [-0.25, -0.2) is 4.57 Å². The molecule has 0 aliphatic carbocycles. The lowest BCUT2D eigenvalue weighted by Gasteiger charge is -2.05. The Kier molecular flexibility index (Phi) is 22.4. The van der Waals surface area contributed by atoms with Crippen LogP contribution in [0.1, 0.15) is 88.2 Å². The Morgan fingerprint density at radius 3 is 2.03 bits per heavy atom. The van der Waals surface area contributed by atoms with Crippen molar-refractivity contribution in [3.8, 4) is 0 Å². The summed E-state index contributed by atoms with van der Waals surface area (Å²) in [6.07, 6.45) is 24.4. The Labute approximate surface area is 236 Å². The van der Waals surface area contributed by atoms with Crippen molar-refractivity contribution in [3.05, 3.63) is 70.6 Å². The minimum Gasteiger partial charge on any atom is -1.00 e. The standard InChI is InChI=1S/C30H48N5O2.ClH/c31-34-33-20-7-3-6-10-24-37-26-14-18-30-16-12-22-35(28-30)21-8-4-1-2-5-9-23-36-25-13-17-29-15-11-19-32-27-29;/h11-12,15-16,19,22,27-28H,1-10,13-14,17-18,20-21,23-26H2;1H/q+1;/p-1. The van der Waals surface area contributed by atoms with Gasteiger partial charge in [-0.1, -0.05) is 43.3 Å². The van der Waals surface area contributed by atoms with Crippen molar-refractivity contribution in [3.63, 3.8) is 0 Å². The highest BCUT2D eigenvalue weighted by atomic mass is 35.5. The molecule has 0 saturated carbocycles. The van der Waals surface area contributed by atoms with E-state index in [9.17, 15) is 0 Å². The van der Waals surface area contributed by atoms with E-state index in [2.05, 4.69) is 50.2 Å². The second-order valence-electron chi connectivity index (χ2n) is 9.73. The number of hydrogen-bond donors (Lipinski definition) is 0. The Bertz CT molecular complexity index is 850. The van der Waals surface area contributed by atoms with Crippen LogP contribution in [0.25, 0.3) is 10.4 Å². The van der Waals surface area contributed by atoms with Gasteiger partial charge >= 0.3 is 0 Å².